The molecule has 0 bridgehead atoms. The van der Waals surface area contributed by atoms with Crippen LogP contribution in [-0.2, 0) is 19.0 Å². The molecule has 2 fully saturated rings. The lowest BCUT2D eigenvalue weighted by Gasteiger charge is -2.43. The first kappa shape index (κ1) is 26.5. The van der Waals surface area contributed by atoms with Crippen LogP contribution in [0.5, 0.6) is 0 Å². The van der Waals surface area contributed by atoms with E-state index in [9.17, 15) is 35.4 Å². The normalized spacial score (nSPS) is 37.0. The third-order valence-electron chi connectivity index (χ3n) is 6.29. The van der Waals surface area contributed by atoms with Gasteiger partial charge in [-0.1, -0.05) is 24.3 Å². The van der Waals surface area contributed by atoms with E-state index in [4.69, 9.17) is 19.9 Å². The molecule has 3 heterocycles. The minimum Gasteiger partial charge on any atom is -0.394 e. The van der Waals surface area contributed by atoms with Gasteiger partial charge in [-0.2, -0.15) is 5.10 Å². The quantitative estimate of drug-likeness (QED) is 0.161. The maximum atomic E-state index is 12.8. The van der Waals surface area contributed by atoms with Crippen molar-refractivity contribution in [2.45, 2.75) is 55.2 Å². The number of anilines is 1. The number of fused-ring (bicyclic) bond motifs is 1. The van der Waals surface area contributed by atoms with Crippen molar-refractivity contribution < 1.29 is 49.6 Å². The van der Waals surface area contributed by atoms with Gasteiger partial charge in [0.25, 0.3) is 5.91 Å². The van der Waals surface area contributed by atoms with E-state index in [0.717, 1.165) is 5.39 Å². The summed E-state index contributed by atoms with van der Waals surface area (Å²) in [5, 5.41) is 69.7. The smallest absolute Gasteiger partial charge is 0.270 e. The average molecular weight is 511 g/mol. The summed E-state index contributed by atoms with van der Waals surface area (Å²) in [5.74, 6) is -1.64. The van der Waals surface area contributed by atoms with Crippen molar-refractivity contribution in [3.05, 3.63) is 30.5 Å². The van der Waals surface area contributed by atoms with Crippen LogP contribution in [0.25, 0.3) is 10.8 Å². The number of nitrogens with two attached hydrogens (primary N) is 1. The van der Waals surface area contributed by atoms with E-state index >= 15 is 0 Å². The molecular formula is C21H29N5O10. The minimum absolute atomic E-state index is 0.222. The topological polar surface area (TPSA) is 242 Å². The molecule has 15 nitrogen and oxygen atoms in total. The standard InChI is InChI=1S/C21H29N5O10/c22-12-10(13(28)11(6-27)35-20(12)33)7-34-21-16(31)14(29)15(30)17(36-21)19(32)26-25-18-9-4-2-1-3-8(9)5-23-24-18/h1-5,10-17,20-21,27-31,33H,6-7,22H2,(H,24,25)(H,26,32)/t10?,11?,12-,13-,14?,15-,16-,17?,20+,21+/m0/s1. The maximum absolute atomic E-state index is 12.8. The van der Waals surface area contributed by atoms with Gasteiger partial charge in [-0.15, -0.1) is 5.10 Å². The molecule has 1 amide bonds. The van der Waals surface area contributed by atoms with Gasteiger partial charge in [-0.3, -0.25) is 15.6 Å². The molecular weight excluding hydrogens is 482 g/mol. The van der Waals surface area contributed by atoms with Gasteiger partial charge >= 0.3 is 0 Å². The van der Waals surface area contributed by atoms with Crippen LogP contribution < -0.4 is 16.6 Å². The third-order valence-corrected chi connectivity index (χ3v) is 6.29. The molecule has 10 atom stereocenters. The van der Waals surface area contributed by atoms with Crippen LogP contribution in [0.3, 0.4) is 0 Å². The van der Waals surface area contributed by atoms with Crippen molar-refractivity contribution in [3.63, 3.8) is 0 Å². The zero-order valence-corrected chi connectivity index (χ0v) is 18.9. The number of hydrogen-bond acceptors (Lipinski definition) is 14. The largest absolute Gasteiger partial charge is 0.394 e. The summed E-state index contributed by atoms with van der Waals surface area (Å²) in [6.07, 6.45) is -11.1. The molecule has 0 radical (unpaired) electrons. The molecule has 0 aliphatic carbocycles. The maximum Gasteiger partial charge on any atom is 0.270 e. The number of amides is 1. The Morgan fingerprint density at radius 2 is 1.81 bits per heavy atom. The van der Waals surface area contributed by atoms with Gasteiger partial charge in [0.05, 0.1) is 31.6 Å². The monoisotopic (exact) mass is 511 g/mol. The third kappa shape index (κ3) is 5.25. The number of benzene rings is 1. The molecule has 0 spiro atoms. The summed E-state index contributed by atoms with van der Waals surface area (Å²) >= 11 is 0. The van der Waals surface area contributed by atoms with E-state index in [1.165, 1.54) is 0 Å². The zero-order valence-electron chi connectivity index (χ0n) is 18.9. The Hall–Kier alpha value is -2.57. The number of rotatable bonds is 7. The van der Waals surface area contributed by atoms with Crippen LogP contribution in [0.2, 0.25) is 0 Å². The zero-order chi connectivity index (χ0) is 26.0. The van der Waals surface area contributed by atoms with E-state index in [-0.39, 0.29) is 5.82 Å². The van der Waals surface area contributed by atoms with Gasteiger partial charge < -0.3 is 50.6 Å². The molecule has 4 rings (SSSR count). The first-order valence-electron chi connectivity index (χ1n) is 11.2. The van der Waals surface area contributed by atoms with Gasteiger partial charge in [0.1, 0.15) is 24.4 Å². The molecule has 2 aliphatic rings. The van der Waals surface area contributed by atoms with E-state index in [1.54, 1.807) is 24.4 Å². The Bertz CT molecular complexity index is 1040. The highest BCUT2D eigenvalue weighted by Crippen LogP contribution is 2.27. The summed E-state index contributed by atoms with van der Waals surface area (Å²) in [6, 6.07) is 6.02. The van der Waals surface area contributed by atoms with Crippen LogP contribution in [0, 0.1) is 5.92 Å². The first-order valence-corrected chi connectivity index (χ1v) is 11.2. The number of ether oxygens (including phenoxy) is 3. The lowest BCUT2D eigenvalue weighted by molar-refractivity contribution is -0.302. The van der Waals surface area contributed by atoms with Gasteiger partial charge in [-0.25, -0.2) is 0 Å². The fourth-order valence-electron chi connectivity index (χ4n) is 4.15. The number of carbonyl (C=O) groups is 1. The number of nitrogens with zero attached hydrogens (tertiary/aromatic N) is 2. The summed E-state index contributed by atoms with van der Waals surface area (Å²) in [4.78, 5) is 12.8. The molecule has 2 aromatic rings. The number of carbonyl (C=O) groups excluding carboxylic acids is 1. The molecule has 1 aromatic carbocycles. The highest BCUT2D eigenvalue weighted by molar-refractivity contribution is 5.92. The van der Waals surface area contributed by atoms with Gasteiger partial charge in [0.2, 0.25) is 0 Å². The second-order valence-corrected chi connectivity index (χ2v) is 8.60. The van der Waals surface area contributed by atoms with Gasteiger partial charge in [-0.05, 0) is 0 Å². The van der Waals surface area contributed by atoms with Crippen LogP contribution in [0.4, 0.5) is 5.82 Å². The number of hydrazine groups is 1. The van der Waals surface area contributed by atoms with Crippen LogP contribution >= 0.6 is 0 Å². The minimum atomic E-state index is -1.82. The van der Waals surface area contributed by atoms with E-state index < -0.39 is 80.3 Å². The number of aliphatic hydroxyl groups is 6. The van der Waals surface area contributed by atoms with Gasteiger partial charge in [0, 0.05) is 16.7 Å². The number of aliphatic hydroxyl groups excluding tert-OH is 6. The summed E-state index contributed by atoms with van der Waals surface area (Å²) < 4.78 is 15.9. The predicted octanol–water partition coefficient (Wildman–Crippen LogP) is -4.09. The lowest BCUT2D eigenvalue weighted by atomic mass is 9.88. The second kappa shape index (κ2) is 11.2. The predicted molar refractivity (Wildman–Crippen MR) is 119 cm³/mol. The Labute approximate surface area is 204 Å². The Morgan fingerprint density at radius 1 is 1.06 bits per heavy atom. The molecule has 4 unspecified atom stereocenters. The van der Waals surface area contributed by atoms with E-state index in [0.29, 0.717) is 5.39 Å². The summed E-state index contributed by atoms with van der Waals surface area (Å²) in [5.41, 5.74) is 10.8. The summed E-state index contributed by atoms with van der Waals surface area (Å²) in [7, 11) is 0. The Kier molecular flexibility index (Phi) is 8.26. The van der Waals surface area contributed by atoms with Crippen molar-refractivity contribution in [1.82, 2.24) is 15.6 Å². The van der Waals surface area contributed by atoms with Crippen molar-refractivity contribution in [2.24, 2.45) is 11.7 Å². The lowest BCUT2D eigenvalue weighted by Crippen LogP contribution is -2.63. The summed E-state index contributed by atoms with van der Waals surface area (Å²) in [6.45, 7) is -0.993. The van der Waals surface area contributed by atoms with E-state index in [1.807, 2.05) is 6.07 Å². The number of hydrogen-bond donors (Lipinski definition) is 9. The molecule has 36 heavy (non-hydrogen) atoms. The SMILES string of the molecule is N[C@H]1C(CO[C@@H]2OC(C(=O)NNc3nncc4ccccc34)[C@@H](O)C(O)[C@@H]2O)[C@H](O)C(CO)O[C@H]1O. The molecule has 10 N–H and O–H groups in total. The second-order valence-electron chi connectivity index (χ2n) is 8.60. The molecule has 2 aliphatic heterocycles. The highest BCUT2D eigenvalue weighted by atomic mass is 16.7. The molecule has 1 aromatic heterocycles. The Morgan fingerprint density at radius 3 is 2.56 bits per heavy atom. The number of nitrogens with one attached hydrogen (secondary N) is 2. The average Bonchev–Trinajstić information content (AvgIpc) is 2.89. The molecule has 0 saturated carbocycles. The first-order chi connectivity index (χ1) is 17.2. The number of aromatic nitrogens is 2. The Balaban J connectivity index is 1.41. The molecule has 15 heteroatoms. The van der Waals surface area contributed by atoms with Crippen LogP contribution in [-0.4, -0.2) is 115 Å². The molecule has 198 valence electrons. The highest BCUT2D eigenvalue weighted by Gasteiger charge is 2.49. The van der Waals surface area contributed by atoms with Crippen LogP contribution in [0.1, 0.15) is 0 Å². The van der Waals surface area contributed by atoms with Crippen LogP contribution in [0.15, 0.2) is 30.5 Å². The van der Waals surface area contributed by atoms with Gasteiger partial charge in [0.15, 0.2) is 24.5 Å². The van der Waals surface area contributed by atoms with Crippen molar-refractivity contribution in [2.75, 3.05) is 18.6 Å². The fourth-order valence-corrected chi connectivity index (χ4v) is 4.15. The van der Waals surface area contributed by atoms with E-state index in [2.05, 4.69) is 21.0 Å². The van der Waals surface area contributed by atoms with Crippen molar-refractivity contribution >= 4 is 22.5 Å². The van der Waals surface area contributed by atoms with Crippen molar-refractivity contribution in [1.29, 1.82) is 0 Å². The fraction of sp³-hybridized carbons (Fsp3) is 0.571. The molecule has 2 saturated heterocycles. The van der Waals surface area contributed by atoms with Crippen molar-refractivity contribution in [3.8, 4) is 0 Å².